The summed E-state index contributed by atoms with van der Waals surface area (Å²) in [5.74, 6) is 1.10. The van der Waals surface area contributed by atoms with E-state index in [2.05, 4.69) is 169 Å². The van der Waals surface area contributed by atoms with Gasteiger partial charge in [0.05, 0.1) is 64.6 Å². The Morgan fingerprint density at radius 3 is 0.912 bits per heavy atom. The van der Waals surface area contributed by atoms with Crippen molar-refractivity contribution >= 4 is 109 Å². The molecule has 0 bridgehead atoms. The van der Waals surface area contributed by atoms with E-state index < -0.39 is 0 Å². The summed E-state index contributed by atoms with van der Waals surface area (Å²) in [6.07, 6.45) is 16.9. The van der Waals surface area contributed by atoms with Crippen LogP contribution < -0.4 is 4.90 Å². The highest BCUT2D eigenvalue weighted by molar-refractivity contribution is 7.17. The lowest BCUT2D eigenvalue weighted by molar-refractivity contribution is -0.124. The van der Waals surface area contributed by atoms with Crippen molar-refractivity contribution in [3.63, 3.8) is 0 Å². The van der Waals surface area contributed by atoms with Crippen molar-refractivity contribution in [2.24, 2.45) is 23.7 Å². The van der Waals surface area contributed by atoms with Crippen LogP contribution in [-0.4, -0.2) is 69.4 Å². The molecule has 4 aromatic heterocycles. The number of nitrogens with zero attached hydrogens (tertiary/aromatic N) is 5. The van der Waals surface area contributed by atoms with E-state index in [4.69, 9.17) is 0 Å². The number of amides is 4. The Kier molecular flexibility index (Phi) is 21.8. The Balaban J connectivity index is 0.910. The normalized spacial score (nSPS) is 16.4. The van der Waals surface area contributed by atoms with Crippen LogP contribution >= 0.6 is 45.3 Å². The largest absolute Gasteiger partial charge is 0.311 e. The van der Waals surface area contributed by atoms with Gasteiger partial charge >= 0.3 is 0 Å². The van der Waals surface area contributed by atoms with Crippen molar-refractivity contribution in [2.75, 3.05) is 31.1 Å². The van der Waals surface area contributed by atoms with Gasteiger partial charge < -0.3 is 24.5 Å². The summed E-state index contributed by atoms with van der Waals surface area (Å²) in [6.45, 7) is 20.2. The predicted octanol–water partition coefficient (Wildman–Crippen LogP) is 21.2. The molecule has 4 amide bonds. The van der Waals surface area contributed by atoms with Crippen LogP contribution in [0.5, 0.6) is 0 Å². The number of hydrogen-bond acceptors (Lipinski definition) is 9. The van der Waals surface area contributed by atoms with Crippen molar-refractivity contribution in [2.45, 2.75) is 158 Å². The number of hydrogen-bond donors (Lipinski definition) is 0. The smallest absolute Gasteiger partial charge is 0.261 e. The molecule has 0 saturated heterocycles. The van der Waals surface area contributed by atoms with Crippen LogP contribution in [0.25, 0.3) is 43.7 Å². The summed E-state index contributed by atoms with van der Waals surface area (Å²) >= 11 is 6.52. The molecular weight excluding hydrogens is 1200 g/mol. The number of thiophene rings is 4. The van der Waals surface area contributed by atoms with Crippen molar-refractivity contribution in [3.8, 4) is 20.9 Å². The average molecular weight is 1290 g/mol. The molecule has 4 unspecified atom stereocenters. The Morgan fingerprint density at radius 1 is 0.330 bits per heavy atom. The molecule has 3 aromatic carbocycles. The quantitative estimate of drug-likeness (QED) is 0.0409. The first-order chi connectivity index (χ1) is 44.5. The van der Waals surface area contributed by atoms with E-state index in [0.29, 0.717) is 72.1 Å². The van der Waals surface area contributed by atoms with Gasteiger partial charge in [0, 0.05) is 53.0 Å². The maximum atomic E-state index is 15.2. The van der Waals surface area contributed by atoms with Gasteiger partial charge in [0.1, 0.15) is 0 Å². The number of unbranched alkanes of at least 4 members (excludes halogenated alkanes) is 4. The Hall–Kier alpha value is -6.90. The van der Waals surface area contributed by atoms with Crippen molar-refractivity contribution in [3.05, 3.63) is 180 Å². The molecule has 11 rings (SSSR count). The molecule has 0 radical (unpaired) electrons. The molecule has 4 aliphatic heterocycles. The van der Waals surface area contributed by atoms with Gasteiger partial charge in [-0.2, -0.15) is 0 Å². The second-order valence-electron chi connectivity index (χ2n) is 25.3. The summed E-state index contributed by atoms with van der Waals surface area (Å²) in [5, 5.41) is 4.10. The van der Waals surface area contributed by atoms with E-state index in [-0.39, 0.29) is 23.6 Å². The van der Waals surface area contributed by atoms with Crippen LogP contribution in [0.1, 0.15) is 178 Å². The first kappa shape index (κ1) is 65.6. The monoisotopic (exact) mass is 1290 g/mol. The second-order valence-corrected chi connectivity index (χ2v) is 29.3. The first-order valence-electron chi connectivity index (χ1n) is 34.1. The van der Waals surface area contributed by atoms with E-state index in [0.717, 1.165) is 183 Å². The second kappa shape index (κ2) is 30.2. The molecule has 4 atom stereocenters. The highest BCUT2D eigenvalue weighted by atomic mass is 32.1. The van der Waals surface area contributed by atoms with Gasteiger partial charge in [-0.25, -0.2) is 0 Å². The van der Waals surface area contributed by atoms with Crippen LogP contribution in [-0.2, 0) is 19.2 Å². The van der Waals surface area contributed by atoms with Gasteiger partial charge in [0.2, 0.25) is 0 Å². The molecule has 9 nitrogen and oxygen atoms in total. The van der Waals surface area contributed by atoms with E-state index in [1.165, 1.54) is 0 Å². The lowest BCUT2D eigenvalue weighted by Gasteiger charge is -2.29. The van der Waals surface area contributed by atoms with Gasteiger partial charge in [0.15, 0.2) is 0 Å². The molecule has 0 aliphatic carbocycles. The number of rotatable bonds is 33. The standard InChI is InChI=1S/C78H91N5O4S4/c1-9-17-26-52(13-5)48-79-71(63-32-24-46-88-63)67-69(77(79)86)73(81(75(67)84)50-54(15-7)28-19-11-3)65-44-42-61(90-65)56-34-38-59(39-35-56)83(58-30-22-21-23-31-58)60-40-36-57(37-41-60)62-43-45-66(91-62)74-70-68(76(85)82(74)51-55(16-8)29-20-12-4)72(64-33-25-47-89-64)80(78(70)87)49-53(14-6)27-18-10-2/h21-25,30-47,52-55H,9-20,26-29,48-51H2,1-8H3. The van der Waals surface area contributed by atoms with Crippen LogP contribution in [0.4, 0.5) is 17.1 Å². The first-order valence-corrected chi connectivity index (χ1v) is 37.5. The summed E-state index contributed by atoms with van der Waals surface area (Å²) in [6, 6.07) is 44.7. The third-order valence-electron chi connectivity index (χ3n) is 19.3. The zero-order valence-electron chi connectivity index (χ0n) is 54.7. The van der Waals surface area contributed by atoms with Gasteiger partial charge in [-0.15, -0.1) is 45.3 Å². The Bertz CT molecular complexity index is 3560. The fourth-order valence-corrected chi connectivity index (χ4v) is 17.6. The van der Waals surface area contributed by atoms with E-state index >= 15 is 19.2 Å². The number of anilines is 3. The molecule has 4 aliphatic rings. The molecular formula is C78H91N5O4S4. The van der Waals surface area contributed by atoms with E-state index in [1.54, 1.807) is 45.3 Å². The average Bonchev–Trinajstić information content (AvgIpc) is 1.57. The number of fused-ring (bicyclic) bond motifs is 2. The molecule has 0 spiro atoms. The Labute approximate surface area is 557 Å². The summed E-state index contributed by atoms with van der Waals surface area (Å²) in [7, 11) is 0. The number of para-hydroxylation sites is 1. The number of carbonyl (C=O) groups is 4. The lowest BCUT2D eigenvalue weighted by atomic mass is 9.98. The highest BCUT2D eigenvalue weighted by Crippen LogP contribution is 2.52. The molecule has 0 saturated carbocycles. The van der Waals surface area contributed by atoms with Crippen molar-refractivity contribution in [1.29, 1.82) is 0 Å². The zero-order valence-corrected chi connectivity index (χ0v) is 58.0. The molecule has 13 heteroatoms. The van der Waals surface area contributed by atoms with Gasteiger partial charge in [-0.3, -0.25) is 19.2 Å². The fourth-order valence-electron chi connectivity index (χ4n) is 13.9. The topological polar surface area (TPSA) is 84.5 Å². The minimum Gasteiger partial charge on any atom is -0.311 e. The Morgan fingerprint density at radius 2 is 0.626 bits per heavy atom. The van der Waals surface area contributed by atoms with Crippen LogP contribution in [0.15, 0.2) is 160 Å². The molecule has 7 aromatic rings. The molecule has 0 N–H and O–H groups in total. The van der Waals surface area contributed by atoms with Crippen LogP contribution in [0.3, 0.4) is 0 Å². The van der Waals surface area contributed by atoms with Gasteiger partial charge in [0.25, 0.3) is 23.6 Å². The molecule has 476 valence electrons. The fraction of sp³-hybridized carbons (Fsp3) is 0.410. The molecule has 0 fully saturated rings. The van der Waals surface area contributed by atoms with E-state index in [9.17, 15) is 0 Å². The number of benzene rings is 3. The summed E-state index contributed by atoms with van der Waals surface area (Å²) in [4.78, 5) is 77.0. The van der Waals surface area contributed by atoms with Crippen molar-refractivity contribution in [1.82, 2.24) is 19.6 Å². The summed E-state index contributed by atoms with van der Waals surface area (Å²) < 4.78 is 0. The number of carbonyl (C=O) groups excluding carboxylic acids is 4. The SMILES string of the molecule is CCCCC(CC)CN1C(=O)C2=C(c3ccc(-c4ccc(N(c5ccccc5)c5ccc(-c6ccc(C7=C8C(=O)N(CC(CC)CCCC)C(c9cccs9)=C8C(=O)N7CC(CC)CCCC)s6)cc5)cc4)s3)N(CC(CC)CCCC)C(=O)C2=C1c1cccs1. The molecule has 91 heavy (non-hydrogen) atoms. The van der Waals surface area contributed by atoms with Gasteiger partial charge in [-0.1, -0.05) is 187 Å². The third kappa shape index (κ3) is 13.5. The van der Waals surface area contributed by atoms with E-state index in [1.807, 2.05) is 48.6 Å². The minimum absolute atomic E-state index is 0.0505. The molecule has 8 heterocycles. The van der Waals surface area contributed by atoms with Gasteiger partial charge in [-0.05, 0) is 144 Å². The zero-order chi connectivity index (χ0) is 63.7. The maximum Gasteiger partial charge on any atom is 0.261 e. The summed E-state index contributed by atoms with van der Waals surface area (Å²) in [5.41, 5.74) is 10.5. The highest BCUT2D eigenvalue weighted by Gasteiger charge is 2.52. The van der Waals surface area contributed by atoms with Crippen LogP contribution in [0, 0.1) is 23.7 Å². The maximum absolute atomic E-state index is 15.2. The third-order valence-corrected chi connectivity index (χ3v) is 23.4. The lowest BCUT2D eigenvalue weighted by Crippen LogP contribution is -2.34. The van der Waals surface area contributed by atoms with Crippen LogP contribution in [0.2, 0.25) is 0 Å². The predicted molar refractivity (Wildman–Crippen MR) is 384 cm³/mol. The minimum atomic E-state index is -0.0505. The van der Waals surface area contributed by atoms with Crippen molar-refractivity contribution < 1.29 is 19.2 Å².